The van der Waals surface area contributed by atoms with Crippen molar-refractivity contribution in [2.24, 2.45) is 0 Å². The van der Waals surface area contributed by atoms with Gasteiger partial charge in [0.2, 0.25) is 5.91 Å². The molecule has 0 unspecified atom stereocenters. The Labute approximate surface area is 123 Å². The van der Waals surface area contributed by atoms with E-state index in [1.54, 1.807) is 0 Å². The fourth-order valence-corrected chi connectivity index (χ4v) is 2.89. The highest BCUT2D eigenvalue weighted by Crippen LogP contribution is 2.32. The van der Waals surface area contributed by atoms with Crippen molar-refractivity contribution in [3.63, 3.8) is 0 Å². The molecule has 1 aliphatic heterocycles. The maximum Gasteiger partial charge on any atom is 0.247 e. The maximum absolute atomic E-state index is 12.8. The normalized spacial score (nSPS) is 22.2. The number of benzene rings is 1. The summed E-state index contributed by atoms with van der Waals surface area (Å²) in [6.07, 6.45) is 0.925. The lowest BCUT2D eigenvalue weighted by atomic mass is 9.96. The molecule has 1 saturated heterocycles. The molecule has 1 fully saturated rings. The Morgan fingerprint density at radius 2 is 1.95 bits per heavy atom. The summed E-state index contributed by atoms with van der Waals surface area (Å²) >= 11 is 3.48. The van der Waals surface area contributed by atoms with Gasteiger partial charge in [0.05, 0.1) is 5.54 Å². The Morgan fingerprint density at radius 1 is 1.26 bits per heavy atom. The average Bonchev–Trinajstić information content (AvgIpc) is 2.34. The van der Waals surface area contributed by atoms with Crippen LogP contribution in [0.15, 0.2) is 28.7 Å². The monoisotopic (exact) mass is 324 g/mol. The summed E-state index contributed by atoms with van der Waals surface area (Å²) in [6.45, 7) is 8.98. The van der Waals surface area contributed by atoms with Crippen LogP contribution in [0, 0.1) is 0 Å². The van der Waals surface area contributed by atoms with Crippen LogP contribution in [-0.2, 0) is 4.79 Å². The molecule has 0 atom stereocenters. The number of nitrogens with zero attached hydrogens (tertiary/aromatic N) is 1. The van der Waals surface area contributed by atoms with Crippen LogP contribution >= 0.6 is 15.9 Å². The first-order chi connectivity index (χ1) is 8.74. The number of carbonyl (C=O) groups is 1. The smallest absolute Gasteiger partial charge is 0.247 e. The van der Waals surface area contributed by atoms with Gasteiger partial charge in [0.25, 0.3) is 0 Å². The van der Waals surface area contributed by atoms with Crippen molar-refractivity contribution in [2.75, 3.05) is 11.4 Å². The van der Waals surface area contributed by atoms with Gasteiger partial charge in [0.15, 0.2) is 0 Å². The lowest BCUT2D eigenvalue weighted by Gasteiger charge is -2.39. The molecule has 0 aromatic heterocycles. The van der Waals surface area contributed by atoms with Gasteiger partial charge in [0, 0.05) is 15.7 Å². The molecule has 1 heterocycles. The summed E-state index contributed by atoms with van der Waals surface area (Å²) < 4.78 is 0.989. The number of amides is 1. The molecule has 104 valence electrons. The molecule has 0 aliphatic carbocycles. The van der Waals surface area contributed by atoms with Crippen molar-refractivity contribution in [1.82, 2.24) is 5.32 Å². The van der Waals surface area contributed by atoms with Crippen molar-refractivity contribution >= 4 is 27.5 Å². The molecule has 1 N–H and O–H groups in total. The van der Waals surface area contributed by atoms with Crippen LogP contribution in [0.1, 0.15) is 34.1 Å². The van der Waals surface area contributed by atoms with Crippen LogP contribution < -0.4 is 10.2 Å². The average molecular weight is 325 g/mol. The van der Waals surface area contributed by atoms with Crippen LogP contribution in [0.2, 0.25) is 0 Å². The Bertz CT molecular complexity index is 497. The lowest BCUT2D eigenvalue weighted by Crippen LogP contribution is -2.56. The van der Waals surface area contributed by atoms with E-state index < -0.39 is 5.54 Å². The Hall–Kier alpha value is -0.870. The van der Waals surface area contributed by atoms with Crippen LogP contribution in [0.4, 0.5) is 5.69 Å². The molecule has 19 heavy (non-hydrogen) atoms. The molecule has 1 amide bonds. The molecular formula is C15H21BrN2O. The van der Waals surface area contributed by atoms with Gasteiger partial charge in [0.1, 0.15) is 0 Å². The second-order valence-corrected chi connectivity index (χ2v) is 7.15. The topological polar surface area (TPSA) is 32.3 Å². The Morgan fingerprint density at radius 3 is 2.58 bits per heavy atom. The Balaban J connectivity index is 2.51. The molecule has 0 spiro atoms. The third kappa shape index (κ3) is 2.84. The predicted octanol–water partition coefficient (Wildman–Crippen LogP) is 3.33. The summed E-state index contributed by atoms with van der Waals surface area (Å²) in [5.41, 5.74) is 0.218. The van der Waals surface area contributed by atoms with Crippen LogP contribution in [0.3, 0.4) is 0 Å². The summed E-state index contributed by atoms with van der Waals surface area (Å²) in [7, 11) is 0. The van der Waals surface area contributed by atoms with E-state index in [1.165, 1.54) is 0 Å². The third-order valence-electron chi connectivity index (χ3n) is 3.71. The van der Waals surface area contributed by atoms with Crippen LogP contribution in [-0.4, -0.2) is 23.5 Å². The molecule has 0 saturated carbocycles. The second-order valence-electron chi connectivity index (χ2n) is 6.23. The lowest BCUT2D eigenvalue weighted by molar-refractivity contribution is -0.124. The van der Waals surface area contributed by atoms with Crippen molar-refractivity contribution in [3.8, 4) is 0 Å². The van der Waals surface area contributed by atoms with E-state index in [2.05, 4.69) is 35.1 Å². The van der Waals surface area contributed by atoms with Gasteiger partial charge in [-0.15, -0.1) is 0 Å². The molecule has 1 aromatic carbocycles. The number of anilines is 1. The zero-order valence-electron chi connectivity index (χ0n) is 12.0. The second kappa shape index (κ2) is 4.91. The first-order valence-electron chi connectivity index (χ1n) is 6.59. The standard InChI is InChI=1S/C15H21BrN2O/c1-14(2)8-9-17-15(3,4)13(19)18(14)12-7-5-6-11(16)10-12/h5-7,10,17H,8-9H2,1-4H3. The highest BCUT2D eigenvalue weighted by molar-refractivity contribution is 9.10. The molecule has 0 radical (unpaired) electrons. The number of hydrogen-bond donors (Lipinski definition) is 1. The van der Waals surface area contributed by atoms with Crippen LogP contribution in [0.25, 0.3) is 0 Å². The molecular weight excluding hydrogens is 304 g/mol. The van der Waals surface area contributed by atoms with Crippen molar-refractivity contribution in [2.45, 2.75) is 45.2 Å². The minimum atomic E-state index is -0.532. The predicted molar refractivity (Wildman–Crippen MR) is 82.4 cm³/mol. The number of nitrogens with one attached hydrogen (secondary N) is 1. The van der Waals surface area contributed by atoms with Gasteiger partial charge < -0.3 is 10.2 Å². The molecule has 3 nitrogen and oxygen atoms in total. The van der Waals surface area contributed by atoms with Crippen molar-refractivity contribution < 1.29 is 4.79 Å². The minimum absolute atomic E-state index is 0.119. The molecule has 2 rings (SSSR count). The highest BCUT2D eigenvalue weighted by atomic mass is 79.9. The summed E-state index contributed by atoms with van der Waals surface area (Å²) in [5.74, 6) is 0.119. The van der Waals surface area contributed by atoms with Gasteiger partial charge in [-0.05, 0) is 58.9 Å². The van der Waals surface area contributed by atoms with E-state index in [9.17, 15) is 4.79 Å². The minimum Gasteiger partial charge on any atom is -0.305 e. The van der Waals surface area contributed by atoms with Gasteiger partial charge in [-0.2, -0.15) is 0 Å². The fraction of sp³-hybridized carbons (Fsp3) is 0.533. The summed E-state index contributed by atoms with van der Waals surface area (Å²) in [6, 6.07) is 7.93. The Kier molecular flexibility index (Phi) is 3.76. The third-order valence-corrected chi connectivity index (χ3v) is 4.21. The van der Waals surface area contributed by atoms with Crippen molar-refractivity contribution in [1.29, 1.82) is 0 Å². The number of hydrogen-bond acceptors (Lipinski definition) is 2. The number of carbonyl (C=O) groups excluding carboxylic acids is 1. The molecule has 1 aromatic rings. The van der Waals surface area contributed by atoms with E-state index >= 15 is 0 Å². The molecule has 1 aliphatic rings. The summed E-state index contributed by atoms with van der Waals surface area (Å²) in [5, 5.41) is 3.34. The largest absolute Gasteiger partial charge is 0.305 e. The zero-order valence-corrected chi connectivity index (χ0v) is 13.5. The van der Waals surface area contributed by atoms with E-state index in [4.69, 9.17) is 0 Å². The first-order valence-corrected chi connectivity index (χ1v) is 7.39. The van der Waals surface area contributed by atoms with Gasteiger partial charge in [-0.1, -0.05) is 22.0 Å². The molecule has 4 heteroatoms. The van der Waals surface area contributed by atoms with Crippen molar-refractivity contribution in [3.05, 3.63) is 28.7 Å². The van der Waals surface area contributed by atoms with E-state index in [1.807, 2.05) is 43.0 Å². The maximum atomic E-state index is 12.8. The zero-order chi connectivity index (χ0) is 14.3. The summed E-state index contributed by atoms with van der Waals surface area (Å²) in [4.78, 5) is 14.8. The van der Waals surface area contributed by atoms with Gasteiger partial charge in [-0.25, -0.2) is 0 Å². The molecule has 0 bridgehead atoms. The number of halogens is 1. The first kappa shape index (κ1) is 14.5. The van der Waals surface area contributed by atoms with Gasteiger partial charge >= 0.3 is 0 Å². The SMILES string of the molecule is CC1(C)NCCC(C)(C)N(c2cccc(Br)c2)C1=O. The van der Waals surface area contributed by atoms with Gasteiger partial charge in [-0.3, -0.25) is 4.79 Å². The highest BCUT2D eigenvalue weighted by Gasteiger charge is 2.42. The van der Waals surface area contributed by atoms with Crippen LogP contribution in [0.5, 0.6) is 0 Å². The van der Waals surface area contributed by atoms with E-state index in [0.29, 0.717) is 0 Å². The van der Waals surface area contributed by atoms with E-state index in [0.717, 1.165) is 23.1 Å². The quantitative estimate of drug-likeness (QED) is 0.859. The van der Waals surface area contributed by atoms with E-state index in [-0.39, 0.29) is 11.4 Å². The number of rotatable bonds is 1. The fourth-order valence-electron chi connectivity index (χ4n) is 2.50.